The van der Waals surface area contributed by atoms with Crippen molar-refractivity contribution in [3.05, 3.63) is 54.6 Å². The minimum atomic E-state index is -1.74. The smallest absolute Gasteiger partial charge is 0.229 e. The molecule has 2 heterocycles. The monoisotopic (exact) mass is 522 g/mol. The summed E-state index contributed by atoms with van der Waals surface area (Å²) in [6.07, 6.45) is -15.2. The molecule has 0 aliphatic carbocycles. The Morgan fingerprint density at radius 2 is 1.19 bits per heavy atom. The SMILES string of the molecule is OCC1OC(OC2C(CO)OC(Oc3ccc(N=Nc4ccccc4)cc3)C(O)C2O)C(O)C(O)C1O. The summed E-state index contributed by atoms with van der Waals surface area (Å²) in [4.78, 5) is 0. The summed E-state index contributed by atoms with van der Waals surface area (Å²) in [5.41, 5.74) is 1.23. The Morgan fingerprint density at radius 3 is 1.81 bits per heavy atom. The van der Waals surface area contributed by atoms with Crippen molar-refractivity contribution < 1.29 is 54.7 Å². The van der Waals surface area contributed by atoms with Crippen LogP contribution in [-0.2, 0) is 14.2 Å². The fourth-order valence-corrected chi connectivity index (χ4v) is 3.99. The summed E-state index contributed by atoms with van der Waals surface area (Å²) in [6.45, 7) is -1.34. The number of rotatable bonds is 8. The van der Waals surface area contributed by atoms with E-state index < -0.39 is 74.6 Å². The quantitative estimate of drug-likeness (QED) is 0.212. The third-order valence-electron chi connectivity index (χ3n) is 6.09. The highest BCUT2D eigenvalue weighted by Gasteiger charge is 2.51. The van der Waals surface area contributed by atoms with Gasteiger partial charge < -0.3 is 54.7 Å². The van der Waals surface area contributed by atoms with E-state index in [9.17, 15) is 35.7 Å². The summed E-state index contributed by atoms with van der Waals surface area (Å²) >= 11 is 0. The van der Waals surface area contributed by atoms with Crippen LogP contribution >= 0.6 is 0 Å². The third-order valence-corrected chi connectivity index (χ3v) is 6.09. The number of hydrogen-bond acceptors (Lipinski definition) is 13. The lowest BCUT2D eigenvalue weighted by Crippen LogP contribution is -2.65. The Bertz CT molecular complexity index is 1010. The molecule has 0 saturated carbocycles. The first kappa shape index (κ1) is 27.5. The second-order valence-corrected chi connectivity index (χ2v) is 8.65. The van der Waals surface area contributed by atoms with Crippen LogP contribution in [0.2, 0.25) is 0 Å². The summed E-state index contributed by atoms with van der Waals surface area (Å²) in [6, 6.07) is 15.5. The van der Waals surface area contributed by atoms with Gasteiger partial charge in [-0.2, -0.15) is 10.2 Å². The molecule has 2 saturated heterocycles. The minimum absolute atomic E-state index is 0.278. The van der Waals surface area contributed by atoms with Gasteiger partial charge in [0.15, 0.2) is 6.29 Å². The van der Waals surface area contributed by atoms with E-state index in [1.54, 1.807) is 36.4 Å². The number of ether oxygens (including phenoxy) is 4. The fourth-order valence-electron chi connectivity index (χ4n) is 3.99. The number of benzene rings is 2. The van der Waals surface area contributed by atoms with Crippen molar-refractivity contribution >= 4 is 11.4 Å². The molecule has 0 amide bonds. The molecule has 0 radical (unpaired) electrons. The maximum atomic E-state index is 10.7. The Morgan fingerprint density at radius 1 is 0.622 bits per heavy atom. The molecule has 2 fully saturated rings. The average Bonchev–Trinajstić information content (AvgIpc) is 2.92. The molecule has 0 bridgehead atoms. The lowest BCUT2D eigenvalue weighted by Gasteiger charge is -2.45. The minimum Gasteiger partial charge on any atom is -0.462 e. The van der Waals surface area contributed by atoms with Gasteiger partial charge in [0.2, 0.25) is 6.29 Å². The summed E-state index contributed by atoms with van der Waals surface area (Å²) in [5.74, 6) is 0.278. The highest BCUT2D eigenvalue weighted by Crippen LogP contribution is 2.31. The normalized spacial score (nSPS) is 36.5. The molecule has 202 valence electrons. The molecule has 2 aromatic carbocycles. The van der Waals surface area contributed by atoms with E-state index in [2.05, 4.69) is 10.2 Å². The Labute approximate surface area is 211 Å². The Balaban J connectivity index is 1.39. The van der Waals surface area contributed by atoms with E-state index in [4.69, 9.17) is 18.9 Å². The summed E-state index contributed by atoms with van der Waals surface area (Å²) < 4.78 is 22.1. The van der Waals surface area contributed by atoms with Crippen molar-refractivity contribution in [2.24, 2.45) is 10.2 Å². The molecular formula is C24H30N2O11. The molecule has 2 aliphatic rings. The van der Waals surface area contributed by atoms with Gasteiger partial charge in [-0.25, -0.2) is 0 Å². The average molecular weight is 523 g/mol. The van der Waals surface area contributed by atoms with Crippen molar-refractivity contribution in [3.63, 3.8) is 0 Å². The standard InChI is InChI=1S/C24H30N2O11/c27-10-15-17(29)18(30)20(32)24(35-15)37-22-16(11-28)36-23(21(33)19(22)31)34-14-8-6-13(7-9-14)26-25-12-4-2-1-3-5-12/h1-9,15-24,27-33H,10-11H2. The van der Waals surface area contributed by atoms with Gasteiger partial charge in [-0.1, -0.05) is 18.2 Å². The van der Waals surface area contributed by atoms with Crippen LogP contribution in [0.3, 0.4) is 0 Å². The van der Waals surface area contributed by atoms with Gasteiger partial charge in [0.25, 0.3) is 0 Å². The number of azo groups is 1. The van der Waals surface area contributed by atoms with Crippen molar-refractivity contribution in [1.29, 1.82) is 0 Å². The van der Waals surface area contributed by atoms with Crippen LogP contribution < -0.4 is 4.74 Å². The predicted octanol–water partition coefficient (Wildman–Crippen LogP) is -0.895. The highest BCUT2D eigenvalue weighted by atomic mass is 16.7. The maximum Gasteiger partial charge on any atom is 0.229 e. The van der Waals surface area contributed by atoms with Crippen LogP contribution in [0.15, 0.2) is 64.8 Å². The lowest BCUT2D eigenvalue weighted by molar-refractivity contribution is -0.352. The first-order chi connectivity index (χ1) is 17.8. The molecule has 2 aliphatic heterocycles. The Hall–Kier alpha value is -2.56. The third kappa shape index (κ3) is 6.30. The van der Waals surface area contributed by atoms with E-state index in [1.165, 1.54) is 0 Å². The number of aliphatic hydroxyl groups excluding tert-OH is 7. The molecule has 13 nitrogen and oxygen atoms in total. The van der Waals surface area contributed by atoms with Gasteiger partial charge in [0.05, 0.1) is 24.6 Å². The van der Waals surface area contributed by atoms with Crippen molar-refractivity contribution in [2.75, 3.05) is 13.2 Å². The van der Waals surface area contributed by atoms with Gasteiger partial charge in [0, 0.05) is 0 Å². The van der Waals surface area contributed by atoms with E-state index in [0.29, 0.717) is 11.4 Å². The zero-order valence-electron chi connectivity index (χ0n) is 19.5. The molecule has 0 aromatic heterocycles. The van der Waals surface area contributed by atoms with E-state index in [0.717, 1.165) is 0 Å². The van der Waals surface area contributed by atoms with Gasteiger partial charge in [0.1, 0.15) is 54.6 Å². The first-order valence-corrected chi connectivity index (χ1v) is 11.6. The Kier molecular flexibility index (Phi) is 9.15. The van der Waals surface area contributed by atoms with Crippen LogP contribution in [0.5, 0.6) is 5.75 Å². The van der Waals surface area contributed by atoms with Crippen LogP contribution in [-0.4, -0.2) is 110 Å². The van der Waals surface area contributed by atoms with E-state index in [-0.39, 0.29) is 5.75 Å². The molecule has 2 aromatic rings. The zero-order chi connectivity index (χ0) is 26.5. The lowest BCUT2D eigenvalue weighted by atomic mass is 9.97. The largest absolute Gasteiger partial charge is 0.462 e. The van der Waals surface area contributed by atoms with Gasteiger partial charge in [-0.15, -0.1) is 0 Å². The number of nitrogens with zero attached hydrogens (tertiary/aromatic N) is 2. The molecule has 37 heavy (non-hydrogen) atoms. The van der Waals surface area contributed by atoms with Crippen molar-refractivity contribution in [3.8, 4) is 5.75 Å². The fraction of sp³-hybridized carbons (Fsp3) is 0.500. The zero-order valence-corrected chi connectivity index (χ0v) is 19.5. The molecule has 10 unspecified atom stereocenters. The molecule has 0 spiro atoms. The van der Waals surface area contributed by atoms with Crippen molar-refractivity contribution in [2.45, 2.75) is 61.4 Å². The van der Waals surface area contributed by atoms with Crippen LogP contribution in [0.1, 0.15) is 0 Å². The topological polar surface area (TPSA) is 203 Å². The predicted molar refractivity (Wildman–Crippen MR) is 124 cm³/mol. The molecule has 13 heteroatoms. The second kappa shape index (κ2) is 12.3. The second-order valence-electron chi connectivity index (χ2n) is 8.65. The molecule has 7 N–H and O–H groups in total. The molecular weight excluding hydrogens is 492 g/mol. The van der Waals surface area contributed by atoms with Gasteiger partial charge in [-0.3, -0.25) is 0 Å². The first-order valence-electron chi connectivity index (χ1n) is 11.6. The van der Waals surface area contributed by atoms with Gasteiger partial charge >= 0.3 is 0 Å². The number of aliphatic hydroxyl groups is 7. The number of hydrogen-bond donors (Lipinski definition) is 7. The van der Waals surface area contributed by atoms with Crippen LogP contribution in [0, 0.1) is 0 Å². The molecule has 10 atom stereocenters. The van der Waals surface area contributed by atoms with E-state index in [1.807, 2.05) is 18.2 Å². The maximum absolute atomic E-state index is 10.7. The van der Waals surface area contributed by atoms with Crippen LogP contribution in [0.25, 0.3) is 0 Å². The summed E-state index contributed by atoms with van der Waals surface area (Å²) in [5, 5.41) is 78.8. The van der Waals surface area contributed by atoms with Crippen molar-refractivity contribution in [1.82, 2.24) is 0 Å². The molecule has 4 rings (SSSR count). The van der Waals surface area contributed by atoms with E-state index >= 15 is 0 Å². The van der Waals surface area contributed by atoms with Gasteiger partial charge in [-0.05, 0) is 36.4 Å². The highest BCUT2D eigenvalue weighted by molar-refractivity contribution is 5.42. The van der Waals surface area contributed by atoms with Crippen LogP contribution in [0.4, 0.5) is 11.4 Å². The summed E-state index contributed by atoms with van der Waals surface area (Å²) in [7, 11) is 0.